The van der Waals surface area contributed by atoms with E-state index in [0.29, 0.717) is 12.5 Å². The quantitative estimate of drug-likeness (QED) is 0.636. The zero-order chi connectivity index (χ0) is 19.7. The zero-order valence-corrected chi connectivity index (χ0v) is 17.0. The number of nitrogens with zero attached hydrogens (tertiary/aromatic N) is 4. The van der Waals surface area contributed by atoms with Crippen LogP contribution in [0, 0.1) is 5.92 Å². The number of piperidine rings is 1. The lowest BCUT2D eigenvalue weighted by atomic mass is 9.96. The van der Waals surface area contributed by atoms with Gasteiger partial charge in [0.2, 0.25) is 0 Å². The van der Waals surface area contributed by atoms with Gasteiger partial charge in [-0.05, 0) is 61.4 Å². The molecule has 0 saturated carbocycles. The van der Waals surface area contributed by atoms with E-state index in [1.54, 1.807) is 34.1 Å². The first kappa shape index (κ1) is 18.8. The van der Waals surface area contributed by atoms with E-state index in [1.807, 2.05) is 47.6 Å². The number of hydrogen-bond acceptors (Lipinski definition) is 4. The van der Waals surface area contributed by atoms with Crippen LogP contribution in [-0.2, 0) is 13.6 Å². The molecular formula is C21H24N4O2S. The molecule has 1 aliphatic rings. The third kappa shape index (κ3) is 3.46. The molecule has 0 radical (unpaired) electrons. The molecule has 3 aromatic rings. The number of rotatable bonds is 4. The van der Waals surface area contributed by atoms with E-state index >= 15 is 0 Å². The maximum absolute atomic E-state index is 12.7. The molecule has 28 heavy (non-hydrogen) atoms. The lowest BCUT2D eigenvalue weighted by Crippen LogP contribution is -2.40. The van der Waals surface area contributed by atoms with Crippen molar-refractivity contribution in [2.45, 2.75) is 24.3 Å². The fraction of sp³-hybridized carbons (Fsp3) is 0.381. The van der Waals surface area contributed by atoms with Gasteiger partial charge in [-0.2, -0.15) is 0 Å². The van der Waals surface area contributed by atoms with Gasteiger partial charge in [0.1, 0.15) is 0 Å². The number of hydrogen-bond donors (Lipinski definition) is 0. The predicted octanol–water partition coefficient (Wildman–Crippen LogP) is 3.01. The van der Waals surface area contributed by atoms with E-state index < -0.39 is 0 Å². The van der Waals surface area contributed by atoms with E-state index in [2.05, 4.69) is 4.98 Å². The SMILES string of the molecule is CSc1ccc(C(=O)N2CCC(Cn3c(=O)n(C)c4cccnc43)CC2)cc1. The number of imidazole rings is 1. The fourth-order valence-electron chi connectivity index (χ4n) is 3.89. The Kier molecular flexibility index (Phi) is 5.26. The number of benzene rings is 1. The molecule has 1 aromatic carbocycles. The van der Waals surface area contributed by atoms with Gasteiger partial charge in [-0.25, -0.2) is 9.78 Å². The summed E-state index contributed by atoms with van der Waals surface area (Å²) in [6.07, 6.45) is 5.54. The van der Waals surface area contributed by atoms with Crippen molar-refractivity contribution in [1.29, 1.82) is 0 Å². The van der Waals surface area contributed by atoms with Crippen LogP contribution in [0.2, 0.25) is 0 Å². The lowest BCUT2D eigenvalue weighted by molar-refractivity contribution is 0.0682. The first-order valence-corrected chi connectivity index (χ1v) is 10.7. The summed E-state index contributed by atoms with van der Waals surface area (Å²) in [5.74, 6) is 0.461. The number of thioether (sulfide) groups is 1. The molecule has 4 rings (SSSR count). The molecule has 0 spiro atoms. The van der Waals surface area contributed by atoms with Crippen molar-refractivity contribution in [3.05, 3.63) is 58.6 Å². The van der Waals surface area contributed by atoms with Crippen LogP contribution in [-0.4, -0.2) is 44.3 Å². The molecule has 146 valence electrons. The van der Waals surface area contributed by atoms with E-state index in [0.717, 1.165) is 47.6 Å². The standard InChI is InChI=1S/C21H24N4O2S/c1-23-18-4-3-11-22-19(18)25(21(23)27)14-15-9-12-24(13-10-15)20(26)16-5-7-17(28-2)8-6-16/h3-8,11,15H,9-10,12-14H2,1-2H3. The number of pyridine rings is 1. The van der Waals surface area contributed by atoms with Gasteiger partial charge < -0.3 is 4.90 Å². The van der Waals surface area contributed by atoms with Gasteiger partial charge in [0.05, 0.1) is 5.52 Å². The Balaban J connectivity index is 1.43. The summed E-state index contributed by atoms with van der Waals surface area (Å²) >= 11 is 1.67. The Labute approximate surface area is 168 Å². The number of aryl methyl sites for hydroxylation is 1. The number of fused-ring (bicyclic) bond motifs is 1. The number of amides is 1. The van der Waals surface area contributed by atoms with Crippen molar-refractivity contribution in [3.63, 3.8) is 0 Å². The van der Waals surface area contributed by atoms with Gasteiger partial charge in [0, 0.05) is 43.3 Å². The number of carbonyl (C=O) groups is 1. The zero-order valence-electron chi connectivity index (χ0n) is 16.2. The second-order valence-electron chi connectivity index (χ2n) is 7.26. The second kappa shape index (κ2) is 7.83. The normalized spacial score (nSPS) is 15.3. The van der Waals surface area contributed by atoms with Gasteiger partial charge in [-0.15, -0.1) is 11.8 Å². The minimum absolute atomic E-state index is 0.0268. The molecule has 7 heteroatoms. The van der Waals surface area contributed by atoms with Crippen LogP contribution in [0.1, 0.15) is 23.2 Å². The average molecular weight is 397 g/mol. The minimum Gasteiger partial charge on any atom is -0.339 e. The monoisotopic (exact) mass is 396 g/mol. The molecule has 1 amide bonds. The third-order valence-corrected chi connectivity index (χ3v) is 6.32. The van der Waals surface area contributed by atoms with Crippen molar-refractivity contribution in [2.75, 3.05) is 19.3 Å². The molecule has 6 nitrogen and oxygen atoms in total. The Morgan fingerprint density at radius 1 is 1.18 bits per heavy atom. The molecule has 1 saturated heterocycles. The largest absolute Gasteiger partial charge is 0.339 e. The van der Waals surface area contributed by atoms with Gasteiger partial charge in [-0.1, -0.05) is 0 Å². The molecule has 0 bridgehead atoms. The van der Waals surface area contributed by atoms with E-state index in [1.165, 1.54) is 0 Å². The van der Waals surface area contributed by atoms with Gasteiger partial charge in [0.15, 0.2) is 5.65 Å². The highest BCUT2D eigenvalue weighted by atomic mass is 32.2. The maximum Gasteiger partial charge on any atom is 0.330 e. The summed E-state index contributed by atoms with van der Waals surface area (Å²) in [7, 11) is 1.78. The van der Waals surface area contributed by atoms with Crippen LogP contribution in [0.4, 0.5) is 0 Å². The summed E-state index contributed by atoms with van der Waals surface area (Å²) in [5.41, 5.74) is 2.31. The average Bonchev–Trinajstić information content (AvgIpc) is 2.99. The second-order valence-corrected chi connectivity index (χ2v) is 8.14. The van der Waals surface area contributed by atoms with E-state index in [-0.39, 0.29) is 11.6 Å². The summed E-state index contributed by atoms with van der Waals surface area (Å²) in [6, 6.07) is 11.6. The molecule has 1 fully saturated rings. The topological polar surface area (TPSA) is 60.1 Å². The first-order chi connectivity index (χ1) is 13.6. The van der Waals surface area contributed by atoms with Crippen molar-refractivity contribution in [3.8, 4) is 0 Å². The van der Waals surface area contributed by atoms with Crippen molar-refractivity contribution >= 4 is 28.8 Å². The minimum atomic E-state index is -0.0268. The smallest absolute Gasteiger partial charge is 0.330 e. The van der Waals surface area contributed by atoms with Crippen LogP contribution in [0.5, 0.6) is 0 Å². The Bertz CT molecular complexity index is 1050. The molecule has 0 unspecified atom stereocenters. The van der Waals surface area contributed by atoms with Crippen LogP contribution in [0.3, 0.4) is 0 Å². The van der Waals surface area contributed by atoms with Gasteiger partial charge >= 0.3 is 5.69 Å². The van der Waals surface area contributed by atoms with Gasteiger partial charge in [-0.3, -0.25) is 13.9 Å². The molecule has 3 heterocycles. The fourth-order valence-corrected chi connectivity index (χ4v) is 4.30. The maximum atomic E-state index is 12.7. The molecule has 0 aliphatic carbocycles. The van der Waals surface area contributed by atoms with Crippen molar-refractivity contribution in [1.82, 2.24) is 19.0 Å². The third-order valence-electron chi connectivity index (χ3n) is 5.58. The van der Waals surface area contributed by atoms with Crippen molar-refractivity contribution in [2.24, 2.45) is 13.0 Å². The molecule has 2 aromatic heterocycles. The summed E-state index contributed by atoms with van der Waals surface area (Å²) in [6.45, 7) is 2.10. The molecule has 1 aliphatic heterocycles. The lowest BCUT2D eigenvalue weighted by Gasteiger charge is -2.32. The highest BCUT2D eigenvalue weighted by Gasteiger charge is 2.25. The molecule has 0 atom stereocenters. The Morgan fingerprint density at radius 2 is 1.89 bits per heavy atom. The summed E-state index contributed by atoms with van der Waals surface area (Å²) < 4.78 is 3.43. The highest BCUT2D eigenvalue weighted by Crippen LogP contribution is 2.23. The number of likely N-dealkylation sites (tertiary alicyclic amines) is 1. The molecule has 0 N–H and O–H groups in total. The van der Waals surface area contributed by atoms with Crippen molar-refractivity contribution < 1.29 is 4.79 Å². The van der Waals surface area contributed by atoms with Crippen LogP contribution in [0.15, 0.2) is 52.3 Å². The van der Waals surface area contributed by atoms with E-state index in [9.17, 15) is 9.59 Å². The number of carbonyl (C=O) groups excluding carboxylic acids is 1. The van der Waals surface area contributed by atoms with E-state index in [4.69, 9.17) is 0 Å². The van der Waals surface area contributed by atoms with Crippen LogP contribution >= 0.6 is 11.8 Å². The summed E-state index contributed by atoms with van der Waals surface area (Å²) in [5, 5.41) is 0. The van der Waals surface area contributed by atoms with Crippen LogP contribution in [0.25, 0.3) is 11.2 Å². The summed E-state index contributed by atoms with van der Waals surface area (Å²) in [4.78, 5) is 32.8. The van der Waals surface area contributed by atoms with Crippen LogP contribution < -0.4 is 5.69 Å². The molecular weight excluding hydrogens is 372 g/mol. The van der Waals surface area contributed by atoms with Gasteiger partial charge in [0.25, 0.3) is 5.91 Å². The predicted molar refractivity (Wildman–Crippen MR) is 112 cm³/mol. The number of aromatic nitrogens is 3. The highest BCUT2D eigenvalue weighted by molar-refractivity contribution is 7.98. The Hall–Kier alpha value is -2.54. The Morgan fingerprint density at radius 3 is 2.57 bits per heavy atom. The first-order valence-electron chi connectivity index (χ1n) is 9.52.